The first-order valence-corrected chi connectivity index (χ1v) is 9.20. The predicted molar refractivity (Wildman–Crippen MR) is 91.9 cm³/mol. The first kappa shape index (κ1) is 18.0. The molecule has 0 radical (unpaired) electrons. The van der Waals surface area contributed by atoms with Gasteiger partial charge in [-0.3, -0.25) is 9.59 Å². The number of rotatable bonds is 6. The third-order valence-corrected chi connectivity index (χ3v) is 5.58. The summed E-state index contributed by atoms with van der Waals surface area (Å²) in [6.07, 6.45) is 4.10. The van der Waals surface area contributed by atoms with E-state index in [-0.39, 0.29) is 29.6 Å². The van der Waals surface area contributed by atoms with Crippen LogP contribution in [-0.4, -0.2) is 55.4 Å². The molecule has 138 valence electrons. The molecule has 2 heterocycles. The van der Waals surface area contributed by atoms with Crippen LogP contribution in [0.2, 0.25) is 0 Å². The fourth-order valence-corrected chi connectivity index (χ4v) is 3.60. The van der Waals surface area contributed by atoms with Gasteiger partial charge in [-0.2, -0.15) is 0 Å². The van der Waals surface area contributed by atoms with Crippen LogP contribution in [0, 0.1) is 5.92 Å². The highest BCUT2D eigenvalue weighted by molar-refractivity contribution is 5.91. The quantitative estimate of drug-likeness (QED) is 0.841. The zero-order chi connectivity index (χ0) is 18.4. The molecular formula is C18H28N4O3. The minimum atomic E-state index is -0.644. The summed E-state index contributed by atoms with van der Waals surface area (Å²) in [7, 11) is 0. The van der Waals surface area contributed by atoms with Gasteiger partial charge < -0.3 is 10.0 Å². The molecule has 25 heavy (non-hydrogen) atoms. The highest BCUT2D eigenvalue weighted by atomic mass is 16.3. The lowest BCUT2D eigenvalue weighted by Crippen LogP contribution is -2.45. The van der Waals surface area contributed by atoms with E-state index in [0.717, 1.165) is 18.5 Å². The molecule has 1 saturated carbocycles. The monoisotopic (exact) mass is 348 g/mol. The molecule has 1 N–H and O–H groups in total. The maximum absolute atomic E-state index is 13.2. The molecule has 7 heteroatoms. The van der Waals surface area contributed by atoms with E-state index >= 15 is 0 Å². The molecule has 1 aromatic heterocycles. The van der Waals surface area contributed by atoms with E-state index in [4.69, 9.17) is 0 Å². The Labute approximate surface area is 148 Å². The summed E-state index contributed by atoms with van der Waals surface area (Å²) < 4.78 is 1.64. The summed E-state index contributed by atoms with van der Waals surface area (Å²) in [6, 6.07) is -1.04. The van der Waals surface area contributed by atoms with Gasteiger partial charge in [-0.15, -0.1) is 5.10 Å². The number of likely N-dealkylation sites (tertiary alicyclic amines) is 1. The second-order valence-corrected chi connectivity index (χ2v) is 8.05. The third-order valence-electron chi connectivity index (χ3n) is 5.58. The summed E-state index contributed by atoms with van der Waals surface area (Å²) >= 11 is 0. The number of amides is 1. The number of hydrogen-bond donors (Lipinski definition) is 1. The van der Waals surface area contributed by atoms with Crippen LogP contribution in [-0.2, 0) is 15.0 Å². The smallest absolute Gasteiger partial charge is 0.248 e. The maximum Gasteiger partial charge on any atom is 0.248 e. The second-order valence-electron chi connectivity index (χ2n) is 8.05. The Balaban J connectivity index is 1.86. The second kappa shape index (κ2) is 6.52. The van der Waals surface area contributed by atoms with E-state index in [2.05, 4.69) is 17.2 Å². The maximum atomic E-state index is 13.2. The van der Waals surface area contributed by atoms with Crippen molar-refractivity contribution in [2.75, 3.05) is 6.54 Å². The van der Waals surface area contributed by atoms with Crippen molar-refractivity contribution in [2.24, 2.45) is 5.92 Å². The van der Waals surface area contributed by atoms with Gasteiger partial charge in [0.05, 0.1) is 17.8 Å². The molecule has 0 spiro atoms. The standard InChI is InChI=1S/C18H28N4O3/c1-5-14(24)13-8-12(23)9-21(13)17(25)16(11(2)3)22-10-15(19-20-22)18(4)6-7-18/h10-13,16,23H,5-9H2,1-4H3/t12-,13+,16+/m1/s1. The summed E-state index contributed by atoms with van der Waals surface area (Å²) in [5.41, 5.74) is 1.02. The highest BCUT2D eigenvalue weighted by Crippen LogP contribution is 2.46. The van der Waals surface area contributed by atoms with Gasteiger partial charge in [0.1, 0.15) is 6.04 Å². The molecule has 2 fully saturated rings. The highest BCUT2D eigenvalue weighted by Gasteiger charge is 2.44. The van der Waals surface area contributed by atoms with Crippen molar-refractivity contribution < 1.29 is 14.7 Å². The molecule has 1 aromatic rings. The van der Waals surface area contributed by atoms with Crippen LogP contribution in [0.1, 0.15) is 65.1 Å². The number of aromatic nitrogens is 3. The fourth-order valence-electron chi connectivity index (χ4n) is 3.60. The van der Waals surface area contributed by atoms with Gasteiger partial charge >= 0.3 is 0 Å². The molecule has 3 atom stereocenters. The summed E-state index contributed by atoms with van der Waals surface area (Å²) in [6.45, 7) is 8.07. The summed E-state index contributed by atoms with van der Waals surface area (Å²) in [5.74, 6) is -0.155. The number of β-amino-alcohol motifs (C(OH)–C–C–N with tert-alkyl or cyclic N) is 1. The lowest BCUT2D eigenvalue weighted by atomic mass is 10.0. The first-order chi connectivity index (χ1) is 11.8. The Bertz CT molecular complexity index is 665. The lowest BCUT2D eigenvalue weighted by Gasteiger charge is -2.29. The Kier molecular flexibility index (Phi) is 4.70. The Morgan fingerprint density at radius 3 is 2.64 bits per heavy atom. The van der Waals surface area contributed by atoms with Crippen LogP contribution in [0.5, 0.6) is 0 Å². The SMILES string of the molecule is CCC(=O)[C@@H]1C[C@@H](O)CN1C(=O)[C@H](C(C)C)n1cc(C2(C)CC2)nn1. The summed E-state index contributed by atoms with van der Waals surface area (Å²) in [5, 5.41) is 18.5. The molecule has 0 unspecified atom stereocenters. The van der Waals surface area contributed by atoms with Gasteiger partial charge in [0.2, 0.25) is 5.91 Å². The first-order valence-electron chi connectivity index (χ1n) is 9.20. The van der Waals surface area contributed by atoms with Crippen LogP contribution in [0.25, 0.3) is 0 Å². The largest absolute Gasteiger partial charge is 0.391 e. The lowest BCUT2D eigenvalue weighted by molar-refractivity contribution is -0.141. The molecule has 1 saturated heterocycles. The Morgan fingerprint density at radius 2 is 2.08 bits per heavy atom. The van der Waals surface area contributed by atoms with Crippen LogP contribution in [0.3, 0.4) is 0 Å². The fraction of sp³-hybridized carbons (Fsp3) is 0.778. The number of aliphatic hydroxyl groups excluding tert-OH is 1. The topological polar surface area (TPSA) is 88.3 Å². The van der Waals surface area contributed by atoms with E-state index in [1.807, 2.05) is 20.0 Å². The van der Waals surface area contributed by atoms with Gasteiger partial charge in [0.15, 0.2) is 5.78 Å². The normalized spacial score (nSPS) is 26.1. The van der Waals surface area contributed by atoms with Crippen molar-refractivity contribution in [1.82, 2.24) is 19.9 Å². The Hall–Kier alpha value is -1.76. The minimum absolute atomic E-state index is 0.00261. The molecule has 7 nitrogen and oxygen atoms in total. The van der Waals surface area contributed by atoms with Gasteiger partial charge in [0.25, 0.3) is 0 Å². The van der Waals surface area contributed by atoms with Crippen molar-refractivity contribution >= 4 is 11.7 Å². The number of hydrogen-bond acceptors (Lipinski definition) is 5. The molecule has 0 aromatic carbocycles. The van der Waals surface area contributed by atoms with Gasteiger partial charge in [0, 0.05) is 31.0 Å². The average molecular weight is 348 g/mol. The van der Waals surface area contributed by atoms with E-state index in [0.29, 0.717) is 12.8 Å². The van der Waals surface area contributed by atoms with Crippen LogP contribution < -0.4 is 0 Å². The summed E-state index contributed by atoms with van der Waals surface area (Å²) in [4.78, 5) is 27.0. The van der Waals surface area contributed by atoms with Crippen LogP contribution >= 0.6 is 0 Å². The van der Waals surface area contributed by atoms with Gasteiger partial charge in [-0.05, 0) is 18.8 Å². The number of carbonyl (C=O) groups is 2. The van der Waals surface area contributed by atoms with Crippen molar-refractivity contribution in [1.29, 1.82) is 0 Å². The molecule has 0 bridgehead atoms. The van der Waals surface area contributed by atoms with Crippen molar-refractivity contribution in [3.8, 4) is 0 Å². The van der Waals surface area contributed by atoms with E-state index in [1.165, 1.54) is 0 Å². The Morgan fingerprint density at radius 1 is 1.40 bits per heavy atom. The van der Waals surface area contributed by atoms with E-state index < -0.39 is 18.2 Å². The van der Waals surface area contributed by atoms with E-state index in [1.54, 1.807) is 16.5 Å². The van der Waals surface area contributed by atoms with Crippen molar-refractivity contribution in [3.05, 3.63) is 11.9 Å². The van der Waals surface area contributed by atoms with Gasteiger partial charge in [-0.25, -0.2) is 4.68 Å². The number of Topliss-reactive ketones (excluding diaryl/α,β-unsaturated/α-hetero) is 1. The average Bonchev–Trinajstić information content (AvgIpc) is 2.99. The molecule has 2 aliphatic rings. The van der Waals surface area contributed by atoms with Gasteiger partial charge in [-0.1, -0.05) is 32.9 Å². The van der Waals surface area contributed by atoms with Crippen molar-refractivity contribution in [2.45, 2.75) is 77.0 Å². The molecule has 1 amide bonds. The number of ketones is 1. The predicted octanol–water partition coefficient (Wildman–Crippen LogP) is 1.47. The molecular weight excluding hydrogens is 320 g/mol. The van der Waals surface area contributed by atoms with E-state index in [9.17, 15) is 14.7 Å². The van der Waals surface area contributed by atoms with Crippen LogP contribution in [0.4, 0.5) is 0 Å². The zero-order valence-electron chi connectivity index (χ0n) is 15.5. The zero-order valence-corrected chi connectivity index (χ0v) is 15.5. The number of carbonyl (C=O) groups excluding carboxylic acids is 2. The van der Waals surface area contributed by atoms with Crippen molar-refractivity contribution in [3.63, 3.8) is 0 Å². The van der Waals surface area contributed by atoms with Crippen LogP contribution in [0.15, 0.2) is 6.20 Å². The third kappa shape index (κ3) is 3.34. The molecule has 3 rings (SSSR count). The molecule has 1 aliphatic carbocycles. The molecule has 1 aliphatic heterocycles. The number of nitrogens with zero attached hydrogens (tertiary/aromatic N) is 4. The number of aliphatic hydroxyl groups is 1. The minimum Gasteiger partial charge on any atom is -0.391 e.